The van der Waals surface area contributed by atoms with Gasteiger partial charge in [0, 0.05) is 52.6 Å². The summed E-state index contributed by atoms with van der Waals surface area (Å²) in [5.74, 6) is 1.02. The summed E-state index contributed by atoms with van der Waals surface area (Å²) in [4.78, 5) is 25.6. The zero-order valence-corrected chi connectivity index (χ0v) is 22.5. The number of hydrogen-bond donors (Lipinski definition) is 1. The Morgan fingerprint density at radius 1 is 1.38 bits per heavy atom. The molecule has 0 radical (unpaired) electrons. The number of aromatic nitrogens is 1. The Kier molecular flexibility index (Phi) is 10.9. The summed E-state index contributed by atoms with van der Waals surface area (Å²) >= 11 is 1.61. The first-order valence-corrected chi connectivity index (χ1v) is 11.6. The number of halogens is 1. The van der Waals surface area contributed by atoms with Crippen molar-refractivity contribution in [1.82, 2.24) is 20.1 Å². The molecule has 0 bridgehead atoms. The summed E-state index contributed by atoms with van der Waals surface area (Å²) < 4.78 is 5.34. The number of hydrogen-bond acceptors (Lipinski definition) is 5. The Morgan fingerprint density at radius 2 is 2.12 bits per heavy atom. The van der Waals surface area contributed by atoms with Crippen LogP contribution in [0.25, 0.3) is 0 Å². The van der Waals surface area contributed by atoms with Gasteiger partial charge in [0.05, 0.1) is 12.2 Å². The third-order valence-corrected chi connectivity index (χ3v) is 6.63. The highest BCUT2D eigenvalue weighted by Gasteiger charge is 2.20. The third kappa shape index (κ3) is 7.14. The SMILES string of the molecule is CN=C(NCCCC(=O)N1CCc2ccccc2C1)N(C)Cc1csc(C(C)OC)n1.I. The van der Waals surface area contributed by atoms with Crippen LogP contribution in [0, 0.1) is 0 Å². The van der Waals surface area contributed by atoms with Crippen LogP contribution in [0.3, 0.4) is 0 Å². The fourth-order valence-electron chi connectivity index (χ4n) is 3.69. The van der Waals surface area contributed by atoms with E-state index in [1.165, 1.54) is 11.1 Å². The molecule has 176 valence electrons. The number of rotatable bonds is 8. The largest absolute Gasteiger partial charge is 0.375 e. The molecule has 1 amide bonds. The highest BCUT2D eigenvalue weighted by atomic mass is 127. The second-order valence-corrected chi connectivity index (χ2v) is 8.71. The lowest BCUT2D eigenvalue weighted by Gasteiger charge is -2.29. The normalized spacial score (nSPS) is 14.4. The van der Waals surface area contributed by atoms with Gasteiger partial charge in [0.25, 0.3) is 0 Å². The fraction of sp³-hybridized carbons (Fsp3) is 0.522. The van der Waals surface area contributed by atoms with Crippen molar-refractivity contribution in [1.29, 1.82) is 0 Å². The Bertz CT molecular complexity index is 904. The first kappa shape index (κ1) is 26.5. The average molecular weight is 572 g/mol. The maximum atomic E-state index is 12.6. The van der Waals surface area contributed by atoms with Crippen LogP contribution in [0.4, 0.5) is 0 Å². The van der Waals surface area contributed by atoms with E-state index >= 15 is 0 Å². The van der Waals surface area contributed by atoms with Crippen LogP contribution in [0.15, 0.2) is 34.6 Å². The lowest BCUT2D eigenvalue weighted by molar-refractivity contribution is -0.132. The number of ether oxygens (including phenoxy) is 1. The first-order valence-electron chi connectivity index (χ1n) is 10.7. The van der Waals surface area contributed by atoms with Crippen molar-refractivity contribution in [3.63, 3.8) is 0 Å². The molecule has 7 nitrogen and oxygen atoms in total. The zero-order chi connectivity index (χ0) is 22.2. The quantitative estimate of drug-likeness (QED) is 0.226. The molecule has 0 aliphatic carbocycles. The maximum Gasteiger partial charge on any atom is 0.222 e. The molecule has 0 fully saturated rings. The minimum absolute atomic E-state index is 0. The predicted octanol–water partition coefficient (Wildman–Crippen LogP) is 3.84. The van der Waals surface area contributed by atoms with Crippen LogP contribution < -0.4 is 5.32 Å². The highest BCUT2D eigenvalue weighted by Crippen LogP contribution is 2.21. The number of methoxy groups -OCH3 is 1. The van der Waals surface area contributed by atoms with E-state index < -0.39 is 0 Å². The van der Waals surface area contributed by atoms with Gasteiger partial charge in [-0.05, 0) is 30.9 Å². The average Bonchev–Trinajstić information content (AvgIpc) is 3.26. The molecule has 2 aromatic rings. The molecule has 1 aromatic heterocycles. The zero-order valence-electron chi connectivity index (χ0n) is 19.3. The Labute approximate surface area is 212 Å². The van der Waals surface area contributed by atoms with Crippen LogP contribution in [0.5, 0.6) is 0 Å². The van der Waals surface area contributed by atoms with Gasteiger partial charge in [0.15, 0.2) is 5.96 Å². The van der Waals surface area contributed by atoms with Crippen LogP contribution in [-0.4, -0.2) is 60.9 Å². The molecule has 1 aliphatic heterocycles. The van der Waals surface area contributed by atoms with Crippen molar-refractivity contribution >= 4 is 47.2 Å². The van der Waals surface area contributed by atoms with Crippen molar-refractivity contribution in [3.05, 3.63) is 51.5 Å². The van der Waals surface area contributed by atoms with E-state index in [0.717, 1.165) is 42.6 Å². The number of nitrogens with one attached hydrogen (secondary N) is 1. The van der Waals surface area contributed by atoms with E-state index in [0.29, 0.717) is 19.5 Å². The monoisotopic (exact) mass is 571 g/mol. The molecule has 2 heterocycles. The van der Waals surface area contributed by atoms with E-state index in [1.54, 1.807) is 25.5 Å². The minimum atomic E-state index is 0. The van der Waals surface area contributed by atoms with Crippen molar-refractivity contribution in [3.8, 4) is 0 Å². The molecule has 9 heteroatoms. The topological polar surface area (TPSA) is 70.1 Å². The molecular weight excluding hydrogens is 537 g/mol. The van der Waals surface area contributed by atoms with Crippen LogP contribution in [-0.2, 0) is 29.0 Å². The first-order chi connectivity index (χ1) is 15.0. The molecular formula is C23H34IN5O2S. The van der Waals surface area contributed by atoms with E-state index in [4.69, 9.17) is 4.74 Å². The van der Waals surface area contributed by atoms with E-state index in [-0.39, 0.29) is 36.0 Å². The summed E-state index contributed by atoms with van der Waals surface area (Å²) in [7, 11) is 5.46. The number of fused-ring (bicyclic) bond motifs is 1. The Hall–Kier alpha value is -1.72. The van der Waals surface area contributed by atoms with E-state index in [1.807, 2.05) is 29.8 Å². The molecule has 0 saturated heterocycles. The molecule has 1 atom stereocenters. The molecule has 1 N–H and O–H groups in total. The lowest BCUT2D eigenvalue weighted by atomic mass is 9.99. The van der Waals surface area contributed by atoms with Gasteiger partial charge in [-0.1, -0.05) is 24.3 Å². The molecule has 0 spiro atoms. The number of thiazole rings is 1. The molecule has 1 aromatic carbocycles. The van der Waals surface area contributed by atoms with Crippen molar-refractivity contribution in [2.75, 3.05) is 34.3 Å². The predicted molar refractivity (Wildman–Crippen MR) is 141 cm³/mol. The minimum Gasteiger partial charge on any atom is -0.375 e. The van der Waals surface area contributed by atoms with Gasteiger partial charge in [0.1, 0.15) is 11.1 Å². The molecule has 3 rings (SSSR count). The Balaban J connectivity index is 0.00000363. The Morgan fingerprint density at radius 3 is 2.84 bits per heavy atom. The number of aliphatic imine (C=N–C) groups is 1. The summed E-state index contributed by atoms with van der Waals surface area (Å²) in [5.41, 5.74) is 3.63. The number of carbonyl (C=O) groups excluding carboxylic acids is 1. The molecule has 1 unspecified atom stereocenters. The molecule has 1 aliphatic rings. The number of nitrogens with zero attached hydrogens (tertiary/aromatic N) is 4. The number of benzene rings is 1. The second kappa shape index (κ2) is 13.1. The molecule has 0 saturated carbocycles. The molecule has 32 heavy (non-hydrogen) atoms. The number of guanidine groups is 1. The van der Waals surface area contributed by atoms with Crippen molar-refractivity contribution in [2.45, 2.75) is 45.4 Å². The van der Waals surface area contributed by atoms with Gasteiger partial charge >= 0.3 is 0 Å². The summed E-state index contributed by atoms with van der Waals surface area (Å²) in [5, 5.41) is 6.40. The number of amides is 1. The number of carbonyl (C=O) groups is 1. The van der Waals surface area contributed by atoms with Crippen LogP contribution in [0.2, 0.25) is 0 Å². The van der Waals surface area contributed by atoms with E-state index in [2.05, 4.69) is 38.9 Å². The van der Waals surface area contributed by atoms with Crippen molar-refractivity contribution < 1.29 is 9.53 Å². The van der Waals surface area contributed by atoms with Gasteiger partial charge in [-0.3, -0.25) is 9.79 Å². The van der Waals surface area contributed by atoms with Gasteiger partial charge < -0.3 is 19.9 Å². The van der Waals surface area contributed by atoms with Gasteiger partial charge in [-0.25, -0.2) is 4.98 Å². The van der Waals surface area contributed by atoms with E-state index in [9.17, 15) is 4.79 Å². The smallest absolute Gasteiger partial charge is 0.222 e. The van der Waals surface area contributed by atoms with Crippen LogP contribution in [0.1, 0.15) is 47.7 Å². The maximum absolute atomic E-state index is 12.6. The third-order valence-electron chi connectivity index (χ3n) is 5.58. The van der Waals surface area contributed by atoms with Gasteiger partial charge in [-0.2, -0.15) is 0 Å². The fourth-order valence-corrected chi connectivity index (χ4v) is 4.53. The van der Waals surface area contributed by atoms with Crippen LogP contribution >= 0.6 is 35.3 Å². The van der Waals surface area contributed by atoms with Crippen molar-refractivity contribution in [2.24, 2.45) is 4.99 Å². The van der Waals surface area contributed by atoms with Gasteiger partial charge in [0.2, 0.25) is 5.91 Å². The second-order valence-electron chi connectivity index (χ2n) is 7.82. The van der Waals surface area contributed by atoms with Gasteiger partial charge in [-0.15, -0.1) is 35.3 Å². The standard InChI is InChI=1S/C23H33N5O2S.HI/c1-17(30-4)22-26-20(16-31-22)15-27(3)23(24-2)25-12-7-10-21(29)28-13-11-18-8-5-6-9-19(18)14-28;/h5-6,8-9,16-17H,7,10-15H2,1-4H3,(H,24,25);1H. The summed E-state index contributed by atoms with van der Waals surface area (Å²) in [6, 6.07) is 8.40. The highest BCUT2D eigenvalue weighted by molar-refractivity contribution is 14.0. The summed E-state index contributed by atoms with van der Waals surface area (Å²) in [6.45, 7) is 4.90. The lowest BCUT2D eigenvalue weighted by Crippen LogP contribution is -2.39. The summed E-state index contributed by atoms with van der Waals surface area (Å²) in [6.07, 6.45) is 2.27.